The third kappa shape index (κ3) is 2.34. The van der Waals surface area contributed by atoms with E-state index in [1.54, 1.807) is 0 Å². The Hall–Kier alpha value is -1.95. The lowest BCUT2D eigenvalue weighted by Gasteiger charge is -2.00. The molecule has 82 valence electrons. The number of carbonyl (C=O) groups excluding carboxylic acids is 2. The Kier molecular flexibility index (Phi) is 2.82. The van der Waals surface area contributed by atoms with Crippen molar-refractivity contribution in [3.05, 3.63) is 24.3 Å². The number of rotatable bonds is 3. The maximum atomic E-state index is 11.1. The third-order valence-electron chi connectivity index (χ3n) is 1.85. The van der Waals surface area contributed by atoms with E-state index in [0.29, 0.717) is 5.13 Å². The van der Waals surface area contributed by atoms with Crippen LogP contribution in [-0.2, 0) is 9.59 Å². The number of para-hydroxylation sites is 1. The first-order valence-corrected chi connectivity index (χ1v) is 5.32. The molecule has 2 rings (SSSR count). The number of carbonyl (C=O) groups is 2. The number of anilines is 1. The average Bonchev–Trinajstić information content (AvgIpc) is 2.57. The number of hydrogen-bond donors (Lipinski definition) is 1. The number of carboxylic acids is 1. The molecule has 1 heterocycles. The van der Waals surface area contributed by atoms with Crippen molar-refractivity contribution >= 4 is 38.6 Å². The molecule has 2 aromatic rings. The first-order valence-electron chi connectivity index (χ1n) is 4.50. The van der Waals surface area contributed by atoms with Gasteiger partial charge in [0, 0.05) is 0 Å². The molecule has 0 radical (unpaired) electrons. The van der Waals surface area contributed by atoms with Crippen molar-refractivity contribution in [2.24, 2.45) is 0 Å². The average molecular weight is 235 g/mol. The quantitative estimate of drug-likeness (QED) is 0.779. The Morgan fingerprint density at radius 3 is 2.81 bits per heavy atom. The van der Waals surface area contributed by atoms with Crippen LogP contribution < -0.4 is 10.4 Å². The van der Waals surface area contributed by atoms with Gasteiger partial charge in [-0.2, -0.15) is 0 Å². The summed E-state index contributed by atoms with van der Waals surface area (Å²) in [6.45, 7) is 0. The number of thiazole rings is 1. The second kappa shape index (κ2) is 4.28. The van der Waals surface area contributed by atoms with Crippen LogP contribution in [0.25, 0.3) is 10.2 Å². The van der Waals surface area contributed by atoms with Gasteiger partial charge in [0.1, 0.15) is 0 Å². The van der Waals surface area contributed by atoms with E-state index in [0.717, 1.165) is 10.2 Å². The van der Waals surface area contributed by atoms with E-state index in [1.165, 1.54) is 11.3 Å². The summed E-state index contributed by atoms with van der Waals surface area (Å²) < 4.78 is 0.936. The van der Waals surface area contributed by atoms with Crippen molar-refractivity contribution < 1.29 is 14.7 Å². The second-order valence-corrected chi connectivity index (χ2v) is 4.11. The highest BCUT2D eigenvalue weighted by Gasteiger charge is 2.07. The molecule has 16 heavy (non-hydrogen) atoms. The molecule has 0 spiro atoms. The highest BCUT2D eigenvalue weighted by atomic mass is 32.1. The summed E-state index contributed by atoms with van der Waals surface area (Å²) in [6.07, 6.45) is -0.657. The molecule has 0 saturated carbocycles. The van der Waals surface area contributed by atoms with Crippen LogP contribution in [0.4, 0.5) is 5.13 Å². The molecule has 0 atom stereocenters. The van der Waals surface area contributed by atoms with Gasteiger partial charge in [0.05, 0.1) is 22.6 Å². The second-order valence-electron chi connectivity index (χ2n) is 3.08. The standard InChI is InChI=1S/C10H8N2O3S/c13-8(5-9(14)15)12-10-11-6-3-1-2-4-7(6)16-10/h1-4H,5H2,(H,14,15)(H,11,12,13)/p-1. The number of amides is 1. The van der Waals surface area contributed by atoms with E-state index < -0.39 is 18.3 Å². The van der Waals surface area contributed by atoms with E-state index in [1.807, 2.05) is 24.3 Å². The molecule has 1 amide bonds. The zero-order valence-electron chi connectivity index (χ0n) is 8.10. The van der Waals surface area contributed by atoms with E-state index in [-0.39, 0.29) is 0 Å². The summed E-state index contributed by atoms with van der Waals surface area (Å²) in [5.74, 6) is -2.03. The van der Waals surface area contributed by atoms with Crippen LogP contribution in [0.15, 0.2) is 24.3 Å². The van der Waals surface area contributed by atoms with Crippen LogP contribution in [0.3, 0.4) is 0 Å². The smallest absolute Gasteiger partial charge is 0.231 e. The van der Waals surface area contributed by atoms with Crippen molar-refractivity contribution in [3.8, 4) is 0 Å². The summed E-state index contributed by atoms with van der Waals surface area (Å²) in [4.78, 5) is 25.5. The normalized spacial score (nSPS) is 10.2. The Morgan fingerprint density at radius 2 is 2.12 bits per heavy atom. The van der Waals surface area contributed by atoms with Gasteiger partial charge < -0.3 is 15.2 Å². The first kappa shape index (κ1) is 10.6. The molecular weight excluding hydrogens is 228 g/mol. The number of aromatic nitrogens is 1. The Balaban J connectivity index is 2.15. The largest absolute Gasteiger partial charge is 0.550 e. The lowest BCUT2D eigenvalue weighted by Crippen LogP contribution is -2.28. The van der Waals surface area contributed by atoms with Crippen molar-refractivity contribution in [1.82, 2.24) is 4.98 Å². The predicted molar refractivity (Wildman–Crippen MR) is 57.9 cm³/mol. The van der Waals surface area contributed by atoms with Gasteiger partial charge in [-0.15, -0.1) is 0 Å². The van der Waals surface area contributed by atoms with E-state index in [4.69, 9.17) is 0 Å². The van der Waals surface area contributed by atoms with Crippen LogP contribution in [0, 0.1) is 0 Å². The molecule has 0 aliphatic rings. The van der Waals surface area contributed by atoms with Crippen molar-refractivity contribution in [2.45, 2.75) is 6.42 Å². The molecule has 0 unspecified atom stereocenters. The van der Waals surface area contributed by atoms with Crippen LogP contribution in [0.1, 0.15) is 6.42 Å². The molecule has 1 aromatic heterocycles. The third-order valence-corrected chi connectivity index (χ3v) is 2.80. The number of aliphatic carboxylic acids is 1. The van der Waals surface area contributed by atoms with Gasteiger partial charge in [0.15, 0.2) is 5.13 Å². The van der Waals surface area contributed by atoms with Crippen molar-refractivity contribution in [1.29, 1.82) is 0 Å². The minimum absolute atomic E-state index is 0.396. The maximum Gasteiger partial charge on any atom is 0.231 e. The molecule has 0 fully saturated rings. The molecule has 0 saturated heterocycles. The van der Waals surface area contributed by atoms with E-state index in [9.17, 15) is 14.7 Å². The summed E-state index contributed by atoms with van der Waals surface area (Å²) in [5.41, 5.74) is 0.774. The fourth-order valence-corrected chi connectivity index (χ4v) is 2.10. The molecule has 0 aliphatic carbocycles. The Morgan fingerprint density at radius 1 is 1.38 bits per heavy atom. The SMILES string of the molecule is O=C([O-])CC(=O)Nc1nc2ccccc2s1. The van der Waals surface area contributed by atoms with Gasteiger partial charge in [-0.25, -0.2) is 4.98 Å². The number of fused-ring (bicyclic) bond motifs is 1. The van der Waals surface area contributed by atoms with Crippen molar-refractivity contribution in [2.75, 3.05) is 5.32 Å². The summed E-state index contributed by atoms with van der Waals surface area (Å²) in [5, 5.41) is 13.0. The van der Waals surface area contributed by atoms with Crippen LogP contribution >= 0.6 is 11.3 Å². The summed E-state index contributed by atoms with van der Waals surface area (Å²) >= 11 is 1.30. The first-order chi connectivity index (χ1) is 7.65. The number of carboxylic acid groups (broad SMARTS) is 1. The van der Waals surface area contributed by atoms with Gasteiger partial charge in [-0.1, -0.05) is 23.5 Å². The molecule has 0 aliphatic heterocycles. The van der Waals surface area contributed by atoms with E-state index in [2.05, 4.69) is 10.3 Å². The van der Waals surface area contributed by atoms with Crippen LogP contribution in [0.5, 0.6) is 0 Å². The zero-order valence-corrected chi connectivity index (χ0v) is 8.91. The lowest BCUT2D eigenvalue weighted by atomic mass is 10.3. The topological polar surface area (TPSA) is 82.1 Å². The zero-order chi connectivity index (χ0) is 11.5. The number of benzene rings is 1. The number of nitrogens with zero attached hydrogens (tertiary/aromatic N) is 1. The van der Waals surface area contributed by atoms with Gasteiger partial charge in [0.25, 0.3) is 0 Å². The number of nitrogens with one attached hydrogen (secondary N) is 1. The predicted octanol–water partition coefficient (Wildman–Crippen LogP) is 0.375. The molecule has 0 bridgehead atoms. The highest BCUT2D eigenvalue weighted by molar-refractivity contribution is 7.22. The molecule has 1 N–H and O–H groups in total. The molecule has 6 heteroatoms. The minimum atomic E-state index is -1.40. The van der Waals surface area contributed by atoms with Crippen LogP contribution in [0.2, 0.25) is 0 Å². The van der Waals surface area contributed by atoms with Crippen LogP contribution in [-0.4, -0.2) is 16.9 Å². The van der Waals surface area contributed by atoms with E-state index >= 15 is 0 Å². The minimum Gasteiger partial charge on any atom is -0.550 e. The molecular formula is C10H7N2O3S-. The van der Waals surface area contributed by atoms with Gasteiger partial charge in [-0.05, 0) is 12.1 Å². The van der Waals surface area contributed by atoms with Gasteiger partial charge in [-0.3, -0.25) is 4.79 Å². The summed E-state index contributed by atoms with van der Waals surface area (Å²) in [6, 6.07) is 7.41. The van der Waals surface area contributed by atoms with Crippen molar-refractivity contribution in [3.63, 3.8) is 0 Å². The number of hydrogen-bond acceptors (Lipinski definition) is 5. The maximum absolute atomic E-state index is 11.1. The molecule has 1 aromatic carbocycles. The Bertz CT molecular complexity index is 517. The fourth-order valence-electron chi connectivity index (χ4n) is 1.22. The summed E-state index contributed by atoms with van der Waals surface area (Å²) in [7, 11) is 0. The fraction of sp³-hybridized carbons (Fsp3) is 0.100. The monoisotopic (exact) mass is 235 g/mol. The Labute approximate surface area is 94.7 Å². The van der Waals surface area contributed by atoms with Gasteiger partial charge >= 0.3 is 0 Å². The van der Waals surface area contributed by atoms with Gasteiger partial charge in [0.2, 0.25) is 5.91 Å². The molecule has 5 nitrogen and oxygen atoms in total. The lowest BCUT2D eigenvalue weighted by molar-refractivity contribution is -0.304. The highest BCUT2D eigenvalue weighted by Crippen LogP contribution is 2.25.